The van der Waals surface area contributed by atoms with E-state index in [9.17, 15) is 19.5 Å². The minimum atomic E-state index is -1.06. The Labute approximate surface area is 260 Å². The van der Waals surface area contributed by atoms with E-state index in [4.69, 9.17) is 11.2 Å². The molecule has 3 amide bonds. The predicted octanol–water partition coefficient (Wildman–Crippen LogP) is 6.52. The van der Waals surface area contributed by atoms with E-state index in [0.29, 0.717) is 28.8 Å². The maximum atomic E-state index is 14.6. The Kier molecular flexibility index (Phi) is 12.0. The van der Waals surface area contributed by atoms with Crippen LogP contribution in [0.25, 0.3) is 0 Å². The number of nitrogens with zero attached hydrogens (tertiary/aromatic N) is 1. The number of phenols is 1. The van der Waals surface area contributed by atoms with E-state index in [1.807, 2.05) is 31.2 Å². The maximum Gasteiger partial charge on any atom is 0.408 e. The predicted molar refractivity (Wildman–Crippen MR) is 173 cm³/mol. The molecule has 0 aromatic heterocycles. The van der Waals surface area contributed by atoms with Gasteiger partial charge < -0.3 is 25.4 Å². The minimum Gasteiger partial charge on any atom is -0.508 e. The quantitative estimate of drug-likeness (QED) is 0.163. The Hall–Kier alpha value is -4.77. The molecule has 3 aromatic carbocycles. The number of rotatable bonds is 12. The fourth-order valence-corrected chi connectivity index (χ4v) is 4.77. The van der Waals surface area contributed by atoms with E-state index in [1.165, 1.54) is 17.0 Å². The number of alkyl carbamates (subject to hydrolysis) is 1. The van der Waals surface area contributed by atoms with Crippen LogP contribution in [-0.4, -0.2) is 46.1 Å². The van der Waals surface area contributed by atoms with Gasteiger partial charge in [0.05, 0.1) is 0 Å². The van der Waals surface area contributed by atoms with Gasteiger partial charge in [-0.15, -0.1) is 6.42 Å². The average molecular weight is 598 g/mol. The lowest BCUT2D eigenvalue weighted by Crippen LogP contribution is -2.53. The van der Waals surface area contributed by atoms with E-state index in [1.54, 1.807) is 57.2 Å². The second-order valence-electron chi connectivity index (χ2n) is 11.8. The molecule has 8 nitrogen and oxygen atoms in total. The van der Waals surface area contributed by atoms with Gasteiger partial charge in [-0.05, 0) is 81.1 Å². The van der Waals surface area contributed by atoms with Crippen LogP contribution >= 0.6 is 0 Å². The molecule has 0 aliphatic carbocycles. The van der Waals surface area contributed by atoms with Crippen molar-refractivity contribution in [2.75, 3.05) is 11.9 Å². The van der Waals surface area contributed by atoms with Crippen LogP contribution in [0.4, 0.5) is 10.5 Å². The first-order valence-electron chi connectivity index (χ1n) is 14.9. The third-order valence-corrected chi connectivity index (χ3v) is 7.01. The number of ether oxygens (including phenoxy) is 1. The highest BCUT2D eigenvalue weighted by atomic mass is 16.6. The average Bonchev–Trinajstić information content (AvgIpc) is 2.97. The molecule has 3 N–H and O–H groups in total. The number of carbonyl (C=O) groups excluding carboxylic acids is 3. The molecule has 0 bridgehead atoms. The number of hydrogen-bond donors (Lipinski definition) is 3. The number of carbonyl (C=O) groups is 3. The summed E-state index contributed by atoms with van der Waals surface area (Å²) in [5, 5.41) is 15.6. The van der Waals surface area contributed by atoms with E-state index in [-0.39, 0.29) is 18.7 Å². The van der Waals surface area contributed by atoms with Crippen LogP contribution in [0, 0.1) is 19.3 Å². The second-order valence-corrected chi connectivity index (χ2v) is 11.8. The van der Waals surface area contributed by atoms with Crippen molar-refractivity contribution in [1.82, 2.24) is 10.2 Å². The zero-order valence-corrected chi connectivity index (χ0v) is 26.2. The summed E-state index contributed by atoms with van der Waals surface area (Å²) in [4.78, 5) is 43.2. The third kappa shape index (κ3) is 9.91. The van der Waals surface area contributed by atoms with Crippen molar-refractivity contribution in [2.45, 2.75) is 78.0 Å². The first kappa shape index (κ1) is 33.7. The Bertz CT molecular complexity index is 1450. The number of phenolic OH excluding ortho intramolecular Hbond substituents is 1. The molecule has 3 aromatic rings. The van der Waals surface area contributed by atoms with Gasteiger partial charge in [0.15, 0.2) is 0 Å². The van der Waals surface area contributed by atoms with Gasteiger partial charge in [0, 0.05) is 24.2 Å². The van der Waals surface area contributed by atoms with E-state index in [2.05, 4.69) is 23.5 Å². The van der Waals surface area contributed by atoms with Crippen LogP contribution in [0.15, 0.2) is 72.8 Å². The lowest BCUT2D eigenvalue weighted by atomic mass is 9.98. The fraction of sp³-hybridized carbons (Fsp3) is 0.361. The van der Waals surface area contributed by atoms with Crippen molar-refractivity contribution in [3.63, 3.8) is 0 Å². The van der Waals surface area contributed by atoms with E-state index >= 15 is 0 Å². The Morgan fingerprint density at radius 3 is 2.23 bits per heavy atom. The first-order valence-corrected chi connectivity index (χ1v) is 14.9. The zero-order chi connectivity index (χ0) is 32.3. The molecule has 3 rings (SSSR count). The molecular weight excluding hydrogens is 554 g/mol. The van der Waals surface area contributed by atoms with Gasteiger partial charge >= 0.3 is 6.09 Å². The van der Waals surface area contributed by atoms with Crippen LogP contribution in [0.3, 0.4) is 0 Å². The van der Waals surface area contributed by atoms with Crippen molar-refractivity contribution >= 4 is 23.6 Å². The van der Waals surface area contributed by atoms with Crippen LogP contribution in [0.2, 0.25) is 0 Å². The molecule has 2 atom stereocenters. The number of anilines is 1. The molecule has 0 spiro atoms. The highest BCUT2D eigenvalue weighted by Gasteiger charge is 2.36. The van der Waals surface area contributed by atoms with Crippen molar-refractivity contribution in [3.05, 3.63) is 95.1 Å². The molecule has 0 heterocycles. The van der Waals surface area contributed by atoms with Gasteiger partial charge in [0.2, 0.25) is 5.91 Å². The number of amides is 3. The van der Waals surface area contributed by atoms with Gasteiger partial charge in [-0.25, -0.2) is 4.79 Å². The topological polar surface area (TPSA) is 108 Å². The number of benzene rings is 3. The summed E-state index contributed by atoms with van der Waals surface area (Å²) in [6.45, 7) is 9.46. The van der Waals surface area contributed by atoms with Crippen molar-refractivity contribution in [2.24, 2.45) is 0 Å². The summed E-state index contributed by atoms with van der Waals surface area (Å²) in [7, 11) is 0. The lowest BCUT2D eigenvalue weighted by molar-refractivity contribution is -0.140. The number of para-hydroxylation sites is 1. The monoisotopic (exact) mass is 597 g/mol. The largest absolute Gasteiger partial charge is 0.508 e. The van der Waals surface area contributed by atoms with Gasteiger partial charge in [0.1, 0.15) is 23.4 Å². The SMILES string of the molecule is C#Cc1ccc(C(C(=O)Nc2ccccc2C)N(CCCCC)C(=O)C(Cc2ccc(O)cc2)NC(=O)OC(C)(C)C)cc1. The summed E-state index contributed by atoms with van der Waals surface area (Å²) in [6, 6.07) is 18.8. The highest BCUT2D eigenvalue weighted by Crippen LogP contribution is 2.27. The summed E-state index contributed by atoms with van der Waals surface area (Å²) in [6.07, 6.45) is 7.36. The smallest absolute Gasteiger partial charge is 0.408 e. The summed E-state index contributed by atoms with van der Waals surface area (Å²) in [5.74, 6) is 1.85. The second kappa shape index (κ2) is 15.6. The molecule has 0 aliphatic heterocycles. The zero-order valence-electron chi connectivity index (χ0n) is 26.2. The maximum absolute atomic E-state index is 14.6. The normalized spacial score (nSPS) is 12.4. The molecular formula is C36H43N3O5. The van der Waals surface area contributed by atoms with Crippen LogP contribution in [0.5, 0.6) is 5.75 Å². The number of hydrogen-bond acceptors (Lipinski definition) is 5. The Balaban J connectivity index is 2.09. The number of aryl methyl sites for hydroxylation is 1. The molecule has 0 saturated carbocycles. The summed E-state index contributed by atoms with van der Waals surface area (Å²) < 4.78 is 5.50. The third-order valence-electron chi connectivity index (χ3n) is 7.01. The van der Waals surface area contributed by atoms with Crippen LogP contribution in [0.1, 0.15) is 75.3 Å². The van der Waals surface area contributed by atoms with Crippen LogP contribution in [-0.2, 0) is 20.7 Å². The Morgan fingerprint density at radius 1 is 0.977 bits per heavy atom. The summed E-state index contributed by atoms with van der Waals surface area (Å²) >= 11 is 0. The van der Waals surface area contributed by atoms with Gasteiger partial charge in [-0.1, -0.05) is 68.2 Å². The molecule has 44 heavy (non-hydrogen) atoms. The highest BCUT2D eigenvalue weighted by molar-refractivity contribution is 5.99. The number of unbranched alkanes of at least 4 members (excludes halogenated alkanes) is 2. The molecule has 0 fully saturated rings. The number of aromatic hydroxyl groups is 1. The minimum absolute atomic E-state index is 0.0845. The van der Waals surface area contributed by atoms with Gasteiger partial charge in [-0.2, -0.15) is 0 Å². The Morgan fingerprint density at radius 2 is 1.64 bits per heavy atom. The lowest BCUT2D eigenvalue weighted by Gasteiger charge is -2.35. The van der Waals surface area contributed by atoms with E-state index in [0.717, 1.165) is 18.4 Å². The molecule has 0 aliphatic rings. The van der Waals surface area contributed by atoms with Crippen molar-refractivity contribution < 1.29 is 24.2 Å². The molecule has 8 heteroatoms. The summed E-state index contributed by atoms with van der Waals surface area (Å²) in [5.41, 5.74) is 2.67. The van der Waals surface area contributed by atoms with E-state index < -0.39 is 35.6 Å². The molecule has 0 saturated heterocycles. The number of nitrogens with one attached hydrogen (secondary N) is 2. The molecule has 232 valence electrons. The molecule has 2 unspecified atom stereocenters. The van der Waals surface area contributed by atoms with Crippen molar-refractivity contribution in [3.8, 4) is 18.1 Å². The fourth-order valence-electron chi connectivity index (χ4n) is 4.77. The standard InChI is InChI=1S/C36H43N3O5/c1-7-9-12-23-39(34(42)31(38-35(43)44-36(4,5)6)24-27-17-21-29(40)22-18-27)32(28-19-15-26(8-2)16-20-28)33(41)37-30-14-11-10-13-25(30)3/h2,10-11,13-22,31-32,40H,7,9,12,23-24H2,1,3-6H3,(H,37,41)(H,38,43). The van der Waals surface area contributed by atoms with Gasteiger partial charge in [-0.3, -0.25) is 9.59 Å². The molecule has 0 radical (unpaired) electrons. The number of terminal acetylenes is 1. The van der Waals surface area contributed by atoms with Crippen LogP contribution < -0.4 is 10.6 Å². The van der Waals surface area contributed by atoms with Gasteiger partial charge in [0.25, 0.3) is 5.91 Å². The van der Waals surface area contributed by atoms with Crippen molar-refractivity contribution in [1.29, 1.82) is 0 Å². The first-order chi connectivity index (χ1) is 20.9.